The number of aromatic nitrogens is 5. The highest BCUT2D eigenvalue weighted by Crippen LogP contribution is 2.27. The van der Waals surface area contributed by atoms with Crippen LogP contribution in [0, 0.1) is 0 Å². The molecule has 0 radical (unpaired) electrons. The maximum atomic E-state index is 12.6. The molecule has 0 unspecified atom stereocenters. The van der Waals surface area contributed by atoms with Crippen LogP contribution in [0.15, 0.2) is 12.3 Å². The smallest absolute Gasteiger partial charge is 0.435 e. The number of halogens is 3. The summed E-state index contributed by atoms with van der Waals surface area (Å²) in [5.74, 6) is 0.148. The minimum Gasteiger partial charge on any atom is -0.464 e. The van der Waals surface area contributed by atoms with Crippen LogP contribution in [-0.2, 0) is 6.18 Å². The van der Waals surface area contributed by atoms with Gasteiger partial charge in [-0.25, -0.2) is 4.68 Å². The Morgan fingerprint density at radius 3 is 2.57 bits per heavy atom. The highest BCUT2D eigenvalue weighted by molar-refractivity contribution is 5.30. The lowest BCUT2D eigenvalue weighted by atomic mass is 10.4. The van der Waals surface area contributed by atoms with Gasteiger partial charge < -0.3 is 10.1 Å². The molecule has 0 spiro atoms. The van der Waals surface area contributed by atoms with Crippen LogP contribution in [0.25, 0.3) is 5.95 Å². The molecule has 2 aromatic heterocycles. The van der Waals surface area contributed by atoms with Crippen LogP contribution in [0.1, 0.15) is 19.5 Å². The lowest BCUT2D eigenvalue weighted by Crippen LogP contribution is -2.12. The van der Waals surface area contributed by atoms with Crippen molar-refractivity contribution < 1.29 is 17.9 Å². The Labute approximate surface area is 118 Å². The van der Waals surface area contributed by atoms with Gasteiger partial charge >= 0.3 is 12.2 Å². The van der Waals surface area contributed by atoms with Crippen molar-refractivity contribution in [2.75, 3.05) is 18.5 Å². The average molecular weight is 302 g/mol. The quantitative estimate of drug-likeness (QED) is 0.909. The zero-order valence-electron chi connectivity index (χ0n) is 11.3. The zero-order chi connectivity index (χ0) is 15.5. The van der Waals surface area contributed by atoms with E-state index in [0.29, 0.717) is 13.2 Å². The topological polar surface area (TPSA) is 77.8 Å². The first kappa shape index (κ1) is 15.0. The molecule has 0 aliphatic rings. The Kier molecular flexibility index (Phi) is 4.24. The standard InChI is InChI=1S/C11H13F3N6O/c1-3-15-8-16-9(18-10(17-8)21-4-2)20-6-5-7(19-20)11(12,13)14/h5-6H,3-4H2,1-2H3,(H,15,16,17,18). The van der Waals surface area contributed by atoms with Crippen molar-refractivity contribution in [3.05, 3.63) is 18.0 Å². The molecule has 2 heterocycles. The summed E-state index contributed by atoms with van der Waals surface area (Å²) < 4.78 is 43.7. The fourth-order valence-corrected chi connectivity index (χ4v) is 1.47. The van der Waals surface area contributed by atoms with Crippen LogP contribution >= 0.6 is 0 Å². The van der Waals surface area contributed by atoms with E-state index in [1.807, 2.05) is 6.92 Å². The van der Waals surface area contributed by atoms with Gasteiger partial charge in [0, 0.05) is 12.7 Å². The number of hydrogen-bond acceptors (Lipinski definition) is 6. The third kappa shape index (κ3) is 3.58. The van der Waals surface area contributed by atoms with Gasteiger partial charge in [-0.1, -0.05) is 0 Å². The van der Waals surface area contributed by atoms with E-state index in [4.69, 9.17) is 4.74 Å². The van der Waals surface area contributed by atoms with Crippen molar-refractivity contribution in [1.82, 2.24) is 24.7 Å². The number of nitrogens with one attached hydrogen (secondary N) is 1. The molecule has 0 saturated carbocycles. The zero-order valence-corrected chi connectivity index (χ0v) is 11.3. The van der Waals surface area contributed by atoms with Crippen LogP contribution in [0.3, 0.4) is 0 Å². The monoisotopic (exact) mass is 302 g/mol. The largest absolute Gasteiger partial charge is 0.464 e. The van der Waals surface area contributed by atoms with Gasteiger partial charge in [0.2, 0.25) is 5.95 Å². The molecule has 7 nitrogen and oxygen atoms in total. The molecule has 114 valence electrons. The van der Waals surface area contributed by atoms with Crippen LogP contribution in [0.5, 0.6) is 6.01 Å². The first-order chi connectivity index (χ1) is 9.94. The van der Waals surface area contributed by atoms with Crippen LogP contribution in [-0.4, -0.2) is 37.9 Å². The summed E-state index contributed by atoms with van der Waals surface area (Å²) in [6.07, 6.45) is -3.39. The van der Waals surface area contributed by atoms with Gasteiger partial charge in [0.05, 0.1) is 6.61 Å². The van der Waals surface area contributed by atoms with E-state index in [0.717, 1.165) is 16.9 Å². The van der Waals surface area contributed by atoms with Crippen molar-refractivity contribution in [2.45, 2.75) is 20.0 Å². The SMILES string of the molecule is CCNc1nc(OCC)nc(-n2ccc(C(F)(F)F)n2)n1. The Balaban J connectivity index is 2.39. The van der Waals surface area contributed by atoms with E-state index in [1.165, 1.54) is 0 Å². The molecule has 21 heavy (non-hydrogen) atoms. The van der Waals surface area contributed by atoms with Gasteiger partial charge in [-0.2, -0.15) is 33.2 Å². The molecule has 2 rings (SSSR count). The Hall–Kier alpha value is -2.39. The van der Waals surface area contributed by atoms with Gasteiger partial charge in [0.15, 0.2) is 5.69 Å². The predicted molar refractivity (Wildman–Crippen MR) is 67.3 cm³/mol. The molecule has 0 aliphatic heterocycles. The molecular weight excluding hydrogens is 289 g/mol. The Bertz CT molecular complexity index is 588. The number of rotatable bonds is 5. The van der Waals surface area contributed by atoms with Crippen molar-refractivity contribution in [2.24, 2.45) is 0 Å². The molecule has 0 amide bonds. The maximum absolute atomic E-state index is 12.6. The summed E-state index contributed by atoms with van der Waals surface area (Å²) in [5, 5.41) is 6.26. The predicted octanol–water partition coefficient (Wildman–Crippen LogP) is 1.91. The third-order valence-corrected chi connectivity index (χ3v) is 2.30. The minimum absolute atomic E-state index is 0.0162. The van der Waals surface area contributed by atoms with Gasteiger partial charge in [0.25, 0.3) is 5.95 Å². The van der Waals surface area contributed by atoms with Crippen molar-refractivity contribution in [1.29, 1.82) is 0 Å². The van der Waals surface area contributed by atoms with Gasteiger partial charge in [-0.05, 0) is 19.9 Å². The Morgan fingerprint density at radius 1 is 1.24 bits per heavy atom. The summed E-state index contributed by atoms with van der Waals surface area (Å²) in [6.45, 7) is 4.44. The van der Waals surface area contributed by atoms with Gasteiger partial charge in [0.1, 0.15) is 0 Å². The molecular formula is C11H13F3N6O. The van der Waals surface area contributed by atoms with E-state index in [1.54, 1.807) is 6.92 Å². The minimum atomic E-state index is -4.52. The van der Waals surface area contributed by atoms with Crippen LogP contribution in [0.2, 0.25) is 0 Å². The van der Waals surface area contributed by atoms with E-state index in [9.17, 15) is 13.2 Å². The number of anilines is 1. The van der Waals surface area contributed by atoms with Crippen molar-refractivity contribution >= 4 is 5.95 Å². The molecule has 10 heteroatoms. The summed E-state index contributed by atoms with van der Waals surface area (Å²) in [6, 6.07) is 0.861. The molecule has 0 fully saturated rings. The number of hydrogen-bond donors (Lipinski definition) is 1. The maximum Gasteiger partial charge on any atom is 0.435 e. The van der Waals surface area contributed by atoms with Gasteiger partial charge in [-0.3, -0.25) is 0 Å². The molecule has 2 aromatic rings. The van der Waals surface area contributed by atoms with Crippen LogP contribution in [0.4, 0.5) is 19.1 Å². The summed E-state index contributed by atoms with van der Waals surface area (Å²) in [5.41, 5.74) is -1.02. The fourth-order valence-electron chi connectivity index (χ4n) is 1.47. The second-order valence-corrected chi connectivity index (χ2v) is 3.85. The van der Waals surface area contributed by atoms with Gasteiger partial charge in [-0.15, -0.1) is 0 Å². The number of nitrogens with zero attached hydrogens (tertiary/aromatic N) is 5. The number of ether oxygens (including phenoxy) is 1. The highest BCUT2D eigenvalue weighted by Gasteiger charge is 2.33. The normalized spacial score (nSPS) is 11.5. The molecule has 0 aliphatic carbocycles. The molecule has 0 aromatic carbocycles. The first-order valence-electron chi connectivity index (χ1n) is 6.20. The summed E-state index contributed by atoms with van der Waals surface area (Å²) in [7, 11) is 0. The third-order valence-electron chi connectivity index (χ3n) is 2.30. The lowest BCUT2D eigenvalue weighted by Gasteiger charge is -2.07. The van der Waals surface area contributed by atoms with Crippen LogP contribution < -0.4 is 10.1 Å². The van der Waals surface area contributed by atoms with Crippen molar-refractivity contribution in [3.63, 3.8) is 0 Å². The van der Waals surface area contributed by atoms with E-state index < -0.39 is 11.9 Å². The average Bonchev–Trinajstić information content (AvgIpc) is 2.88. The second-order valence-electron chi connectivity index (χ2n) is 3.85. The molecule has 0 saturated heterocycles. The Morgan fingerprint density at radius 2 is 2.00 bits per heavy atom. The van der Waals surface area contributed by atoms with Crippen molar-refractivity contribution in [3.8, 4) is 12.0 Å². The number of alkyl halides is 3. The lowest BCUT2D eigenvalue weighted by molar-refractivity contribution is -0.141. The highest BCUT2D eigenvalue weighted by atomic mass is 19.4. The molecule has 0 bridgehead atoms. The fraction of sp³-hybridized carbons (Fsp3) is 0.455. The van der Waals surface area contributed by atoms with E-state index in [-0.39, 0.29) is 17.9 Å². The first-order valence-corrected chi connectivity index (χ1v) is 6.20. The molecule has 0 atom stereocenters. The molecule has 1 N–H and O–H groups in total. The summed E-state index contributed by atoms with van der Waals surface area (Å²) in [4.78, 5) is 11.9. The second kappa shape index (κ2) is 5.94. The summed E-state index contributed by atoms with van der Waals surface area (Å²) >= 11 is 0. The van der Waals surface area contributed by atoms with E-state index in [2.05, 4.69) is 25.4 Å². The van der Waals surface area contributed by atoms with E-state index >= 15 is 0 Å².